The first-order valence-corrected chi connectivity index (χ1v) is 13.7. The van der Waals surface area contributed by atoms with E-state index >= 15 is 0 Å². The lowest BCUT2D eigenvalue weighted by molar-refractivity contribution is -0.0344. The number of hydrogen-bond donors (Lipinski definition) is 2. The fourth-order valence-corrected chi connectivity index (χ4v) is 5.92. The Labute approximate surface area is 236 Å². The molecule has 0 aromatic carbocycles. The standard InChI is InChI=1S/C29H30FN11/c1-17-8-25(35-26-9-18(2)37-38-26)36-29(34-17)21-5-6-27(31-12-21)39-15-23-10-24(16-39)41(23)19(3)20-4-7-28(32-11-20)40-14-22(30)13-33-40/h4-9,11-14,19,23-24H,10,15-16H2,1-3H3,(H2,34,35,36,37,38)/t19-,23?,24?/m0/s1. The highest BCUT2D eigenvalue weighted by atomic mass is 19.1. The van der Waals surface area contributed by atoms with Gasteiger partial charge in [-0.2, -0.15) is 10.2 Å². The molecular formula is C29H30FN11. The Balaban J connectivity index is 1.01. The molecule has 0 saturated carbocycles. The minimum atomic E-state index is -0.377. The zero-order chi connectivity index (χ0) is 28.1. The molecule has 3 aliphatic heterocycles. The van der Waals surface area contributed by atoms with Gasteiger partial charge in [-0.25, -0.2) is 29.0 Å². The maximum absolute atomic E-state index is 13.3. The van der Waals surface area contributed by atoms with Crippen LogP contribution in [0.3, 0.4) is 0 Å². The molecule has 11 nitrogen and oxygen atoms in total. The molecule has 3 fully saturated rings. The lowest BCUT2D eigenvalue weighted by Gasteiger charge is -2.59. The van der Waals surface area contributed by atoms with Crippen LogP contribution in [0.1, 0.15) is 36.3 Å². The third-order valence-corrected chi connectivity index (χ3v) is 7.88. The Kier molecular flexibility index (Phi) is 6.19. The van der Waals surface area contributed by atoms with Crippen molar-refractivity contribution in [3.63, 3.8) is 0 Å². The summed E-state index contributed by atoms with van der Waals surface area (Å²) in [5.41, 5.74) is 3.84. The number of aryl methyl sites for hydroxylation is 2. The fraction of sp³-hybridized carbons (Fsp3) is 0.310. The molecule has 3 atom stereocenters. The van der Waals surface area contributed by atoms with Crippen LogP contribution in [0, 0.1) is 19.7 Å². The number of pyridine rings is 2. The van der Waals surface area contributed by atoms with Gasteiger partial charge in [0.05, 0.1) is 12.4 Å². The lowest BCUT2D eigenvalue weighted by atomic mass is 9.84. The van der Waals surface area contributed by atoms with Gasteiger partial charge in [-0.3, -0.25) is 10.00 Å². The number of nitrogens with zero attached hydrogens (tertiary/aromatic N) is 9. The Hall–Kier alpha value is -4.71. The van der Waals surface area contributed by atoms with E-state index in [0.717, 1.165) is 41.4 Å². The SMILES string of the molecule is Cc1cc(Nc2cc(C)[nH]n2)nc(-c2ccc(N3CC4CC(C3)N4[C@@H](C)c3ccc(-n4cc(F)cn4)nc3)nc2)n1. The van der Waals surface area contributed by atoms with Crippen LogP contribution >= 0.6 is 0 Å². The topological polar surface area (TPSA) is 117 Å². The van der Waals surface area contributed by atoms with Gasteiger partial charge in [0.25, 0.3) is 0 Å². The average Bonchev–Trinajstić information content (AvgIpc) is 3.60. The normalized spacial score (nSPS) is 19.2. The van der Waals surface area contributed by atoms with Crippen LogP contribution in [0.5, 0.6) is 0 Å². The van der Waals surface area contributed by atoms with Gasteiger partial charge >= 0.3 is 0 Å². The molecule has 8 heterocycles. The molecule has 41 heavy (non-hydrogen) atoms. The van der Waals surface area contributed by atoms with Crippen LogP contribution in [0.15, 0.2) is 61.2 Å². The van der Waals surface area contributed by atoms with Crippen molar-refractivity contribution in [3.8, 4) is 17.2 Å². The van der Waals surface area contributed by atoms with Gasteiger partial charge < -0.3 is 10.2 Å². The third kappa shape index (κ3) is 4.91. The number of piperazine rings is 1. The summed E-state index contributed by atoms with van der Waals surface area (Å²) in [6.45, 7) is 7.97. The summed E-state index contributed by atoms with van der Waals surface area (Å²) in [4.78, 5) is 23.6. The molecule has 5 aromatic rings. The Morgan fingerprint density at radius 2 is 1.76 bits per heavy atom. The number of aromatic amines is 1. The highest BCUT2D eigenvalue weighted by molar-refractivity contribution is 5.61. The maximum atomic E-state index is 13.3. The van der Waals surface area contributed by atoms with Gasteiger partial charge in [0.15, 0.2) is 23.3 Å². The molecule has 208 valence electrons. The minimum Gasteiger partial charge on any atom is -0.353 e. The number of rotatable bonds is 7. The molecule has 2 unspecified atom stereocenters. The zero-order valence-corrected chi connectivity index (χ0v) is 23.0. The largest absolute Gasteiger partial charge is 0.353 e. The van der Waals surface area contributed by atoms with Crippen molar-refractivity contribution in [2.24, 2.45) is 0 Å². The van der Waals surface area contributed by atoms with E-state index in [1.807, 2.05) is 50.5 Å². The molecule has 0 amide bonds. The number of anilines is 3. The smallest absolute Gasteiger partial charge is 0.163 e. The zero-order valence-electron chi connectivity index (χ0n) is 23.0. The molecule has 2 bridgehead atoms. The summed E-state index contributed by atoms with van der Waals surface area (Å²) >= 11 is 0. The van der Waals surface area contributed by atoms with Gasteiger partial charge in [-0.05, 0) is 51.0 Å². The second-order valence-corrected chi connectivity index (χ2v) is 10.8. The van der Waals surface area contributed by atoms with Crippen LogP contribution in [0.4, 0.5) is 21.8 Å². The molecule has 12 heteroatoms. The summed E-state index contributed by atoms with van der Waals surface area (Å²) in [6, 6.07) is 13.0. The summed E-state index contributed by atoms with van der Waals surface area (Å²) in [6.07, 6.45) is 7.41. The number of aromatic nitrogens is 8. The number of halogens is 1. The first-order chi connectivity index (χ1) is 19.9. The van der Waals surface area contributed by atoms with E-state index in [0.29, 0.717) is 35.4 Å². The van der Waals surface area contributed by atoms with E-state index in [4.69, 9.17) is 4.98 Å². The first-order valence-electron chi connectivity index (χ1n) is 13.7. The molecule has 5 aromatic heterocycles. The van der Waals surface area contributed by atoms with Gasteiger partial charge in [0.1, 0.15) is 11.6 Å². The summed E-state index contributed by atoms with van der Waals surface area (Å²) < 4.78 is 14.8. The number of piperidine rings is 1. The third-order valence-electron chi connectivity index (χ3n) is 7.88. The second kappa shape index (κ2) is 10.0. The van der Waals surface area contributed by atoms with Crippen LogP contribution in [0.25, 0.3) is 17.2 Å². The lowest BCUT2D eigenvalue weighted by Crippen LogP contribution is -2.69. The molecule has 3 aliphatic rings. The van der Waals surface area contributed by atoms with Crippen molar-refractivity contribution >= 4 is 17.5 Å². The quantitative estimate of drug-likeness (QED) is 0.304. The molecule has 8 rings (SSSR count). The predicted octanol–water partition coefficient (Wildman–Crippen LogP) is 4.37. The van der Waals surface area contributed by atoms with Crippen molar-refractivity contribution < 1.29 is 4.39 Å². The van der Waals surface area contributed by atoms with E-state index in [1.165, 1.54) is 23.5 Å². The Bertz CT molecular complexity index is 1670. The van der Waals surface area contributed by atoms with E-state index in [1.54, 1.807) is 0 Å². The highest BCUT2D eigenvalue weighted by Gasteiger charge is 2.47. The van der Waals surface area contributed by atoms with Crippen LogP contribution in [-0.2, 0) is 0 Å². The van der Waals surface area contributed by atoms with Crippen LogP contribution in [0.2, 0.25) is 0 Å². The summed E-state index contributed by atoms with van der Waals surface area (Å²) in [5, 5.41) is 14.4. The van der Waals surface area contributed by atoms with Crippen molar-refractivity contribution in [2.75, 3.05) is 23.3 Å². The minimum absolute atomic E-state index is 0.235. The second-order valence-electron chi connectivity index (χ2n) is 10.8. The molecule has 2 N–H and O–H groups in total. The Morgan fingerprint density at radius 1 is 0.951 bits per heavy atom. The average molecular weight is 552 g/mol. The van der Waals surface area contributed by atoms with Gasteiger partial charge in [0.2, 0.25) is 0 Å². The number of fused-ring (bicyclic) bond motifs is 2. The van der Waals surface area contributed by atoms with Crippen molar-refractivity contribution in [1.82, 2.24) is 44.8 Å². The summed E-state index contributed by atoms with van der Waals surface area (Å²) in [5.74, 6) is 3.21. The fourth-order valence-electron chi connectivity index (χ4n) is 5.92. The van der Waals surface area contributed by atoms with Gasteiger partial charge in [0, 0.05) is 72.7 Å². The summed E-state index contributed by atoms with van der Waals surface area (Å²) in [7, 11) is 0. The van der Waals surface area contributed by atoms with Gasteiger partial charge in [-0.1, -0.05) is 6.07 Å². The molecule has 0 aliphatic carbocycles. The monoisotopic (exact) mass is 551 g/mol. The van der Waals surface area contributed by atoms with E-state index in [-0.39, 0.29) is 11.9 Å². The van der Waals surface area contributed by atoms with E-state index in [2.05, 4.69) is 64.4 Å². The van der Waals surface area contributed by atoms with Crippen LogP contribution < -0.4 is 10.2 Å². The molecule has 0 radical (unpaired) electrons. The first kappa shape index (κ1) is 25.3. The maximum Gasteiger partial charge on any atom is 0.163 e. The van der Waals surface area contributed by atoms with Crippen LogP contribution in [-0.4, -0.2) is 70.0 Å². The Morgan fingerprint density at radius 3 is 2.41 bits per heavy atom. The number of nitrogens with one attached hydrogen (secondary N) is 2. The molecular weight excluding hydrogens is 521 g/mol. The van der Waals surface area contributed by atoms with E-state index < -0.39 is 0 Å². The predicted molar refractivity (Wildman–Crippen MR) is 153 cm³/mol. The van der Waals surface area contributed by atoms with Crippen molar-refractivity contribution in [3.05, 3.63) is 84.0 Å². The number of hydrogen-bond acceptors (Lipinski definition) is 9. The molecule has 0 spiro atoms. The highest BCUT2D eigenvalue weighted by Crippen LogP contribution is 2.40. The van der Waals surface area contributed by atoms with Crippen molar-refractivity contribution in [2.45, 2.75) is 45.3 Å². The molecule has 3 saturated heterocycles. The van der Waals surface area contributed by atoms with E-state index in [9.17, 15) is 4.39 Å². The van der Waals surface area contributed by atoms with Crippen molar-refractivity contribution in [1.29, 1.82) is 0 Å². The van der Waals surface area contributed by atoms with Gasteiger partial charge in [-0.15, -0.1) is 0 Å². The number of H-pyrrole nitrogens is 1.